The Labute approximate surface area is 147 Å². The Kier molecular flexibility index (Phi) is 4.26. The number of fused-ring (bicyclic) bond motifs is 1. The summed E-state index contributed by atoms with van der Waals surface area (Å²) in [7, 11) is 1.61. The van der Waals surface area contributed by atoms with Crippen molar-refractivity contribution in [1.29, 1.82) is 0 Å². The van der Waals surface area contributed by atoms with Crippen molar-refractivity contribution in [2.75, 3.05) is 31.6 Å². The molecule has 2 aliphatic heterocycles. The third-order valence-electron chi connectivity index (χ3n) is 5.30. The van der Waals surface area contributed by atoms with Crippen LogP contribution < -0.4 is 9.64 Å². The molecule has 0 aliphatic carbocycles. The highest BCUT2D eigenvalue weighted by molar-refractivity contribution is 5.97. The molecule has 2 saturated heterocycles. The number of carbonyl (C=O) groups is 1. The monoisotopic (exact) mass is 338 g/mol. The third kappa shape index (κ3) is 2.92. The van der Waals surface area contributed by atoms with Crippen LogP contribution in [0, 0.1) is 5.92 Å². The minimum atomic E-state index is 0.0563. The van der Waals surface area contributed by atoms with Crippen molar-refractivity contribution in [1.82, 2.24) is 14.9 Å². The van der Waals surface area contributed by atoms with E-state index in [0.717, 1.165) is 38.4 Å². The molecule has 2 unspecified atom stereocenters. The molecule has 2 aromatic rings. The van der Waals surface area contributed by atoms with Gasteiger partial charge in [-0.15, -0.1) is 0 Å². The van der Waals surface area contributed by atoms with Gasteiger partial charge >= 0.3 is 0 Å². The van der Waals surface area contributed by atoms with Gasteiger partial charge in [-0.1, -0.05) is 12.1 Å². The van der Waals surface area contributed by atoms with E-state index in [2.05, 4.69) is 14.9 Å². The Morgan fingerprint density at radius 3 is 2.68 bits per heavy atom. The maximum Gasteiger partial charge on any atom is 0.257 e. The summed E-state index contributed by atoms with van der Waals surface area (Å²) in [5.41, 5.74) is 0.638. The SMILES string of the molecule is COc1ccccc1C(=O)N1CCC2CCN(c3ncccn3)CC21. The van der Waals surface area contributed by atoms with Crippen LogP contribution in [0.5, 0.6) is 5.75 Å². The number of piperidine rings is 1. The first kappa shape index (κ1) is 15.9. The number of anilines is 1. The van der Waals surface area contributed by atoms with Crippen LogP contribution in [0.15, 0.2) is 42.7 Å². The van der Waals surface area contributed by atoms with E-state index in [4.69, 9.17) is 4.74 Å². The smallest absolute Gasteiger partial charge is 0.257 e. The van der Waals surface area contributed by atoms with Gasteiger partial charge in [0, 0.05) is 32.0 Å². The predicted octanol–water partition coefficient (Wildman–Crippen LogP) is 2.23. The molecule has 1 aromatic heterocycles. The van der Waals surface area contributed by atoms with E-state index in [9.17, 15) is 4.79 Å². The zero-order chi connectivity index (χ0) is 17.2. The first-order valence-corrected chi connectivity index (χ1v) is 8.74. The number of likely N-dealkylation sites (tertiary alicyclic amines) is 1. The van der Waals surface area contributed by atoms with Gasteiger partial charge in [0.05, 0.1) is 18.7 Å². The molecular weight excluding hydrogens is 316 g/mol. The lowest BCUT2D eigenvalue weighted by molar-refractivity contribution is 0.0708. The zero-order valence-corrected chi connectivity index (χ0v) is 14.3. The van der Waals surface area contributed by atoms with Crippen LogP contribution in [0.4, 0.5) is 5.95 Å². The van der Waals surface area contributed by atoms with Crippen LogP contribution in [0.25, 0.3) is 0 Å². The number of rotatable bonds is 3. The summed E-state index contributed by atoms with van der Waals surface area (Å²) in [6.45, 7) is 2.53. The van der Waals surface area contributed by atoms with Crippen molar-refractivity contribution in [3.63, 3.8) is 0 Å². The minimum Gasteiger partial charge on any atom is -0.496 e. The summed E-state index contributed by atoms with van der Waals surface area (Å²) < 4.78 is 5.37. The van der Waals surface area contributed by atoms with Gasteiger partial charge in [-0.3, -0.25) is 4.79 Å². The molecular formula is C19H22N4O2. The zero-order valence-electron chi connectivity index (χ0n) is 14.3. The van der Waals surface area contributed by atoms with E-state index in [1.807, 2.05) is 35.2 Å². The maximum atomic E-state index is 13.1. The van der Waals surface area contributed by atoms with Crippen LogP contribution in [0.3, 0.4) is 0 Å². The average Bonchev–Trinajstić information content (AvgIpc) is 3.11. The Morgan fingerprint density at radius 1 is 1.12 bits per heavy atom. The topological polar surface area (TPSA) is 58.6 Å². The highest BCUT2D eigenvalue weighted by Gasteiger charge is 2.41. The van der Waals surface area contributed by atoms with Crippen molar-refractivity contribution in [2.45, 2.75) is 18.9 Å². The minimum absolute atomic E-state index is 0.0563. The number of nitrogens with zero attached hydrogens (tertiary/aromatic N) is 4. The van der Waals surface area contributed by atoms with E-state index in [-0.39, 0.29) is 11.9 Å². The molecule has 3 heterocycles. The second kappa shape index (κ2) is 6.70. The molecule has 130 valence electrons. The lowest BCUT2D eigenvalue weighted by Crippen LogP contribution is -2.50. The van der Waals surface area contributed by atoms with Crippen LogP contribution in [-0.2, 0) is 0 Å². The number of hydrogen-bond donors (Lipinski definition) is 0. The van der Waals surface area contributed by atoms with E-state index < -0.39 is 0 Å². The van der Waals surface area contributed by atoms with Gasteiger partial charge in [0.2, 0.25) is 5.95 Å². The van der Waals surface area contributed by atoms with E-state index in [1.165, 1.54) is 0 Å². The first-order chi connectivity index (χ1) is 12.3. The molecule has 4 rings (SSSR count). The molecule has 6 heteroatoms. The molecule has 25 heavy (non-hydrogen) atoms. The number of ether oxygens (including phenoxy) is 1. The summed E-state index contributed by atoms with van der Waals surface area (Å²) in [5.74, 6) is 1.99. The lowest BCUT2D eigenvalue weighted by Gasteiger charge is -2.38. The Morgan fingerprint density at radius 2 is 1.88 bits per heavy atom. The molecule has 0 bridgehead atoms. The van der Waals surface area contributed by atoms with Crippen molar-refractivity contribution in [3.05, 3.63) is 48.3 Å². The van der Waals surface area contributed by atoms with Crippen molar-refractivity contribution in [2.24, 2.45) is 5.92 Å². The van der Waals surface area contributed by atoms with Gasteiger partial charge in [0.25, 0.3) is 5.91 Å². The van der Waals surface area contributed by atoms with E-state index >= 15 is 0 Å². The fraction of sp³-hybridized carbons (Fsp3) is 0.421. The van der Waals surface area contributed by atoms with Gasteiger partial charge in [-0.2, -0.15) is 0 Å². The van der Waals surface area contributed by atoms with Crippen LogP contribution in [-0.4, -0.2) is 53.6 Å². The fourth-order valence-electron chi connectivity index (χ4n) is 4.01. The van der Waals surface area contributed by atoms with Crippen LogP contribution in [0.1, 0.15) is 23.2 Å². The normalized spacial score (nSPS) is 22.6. The molecule has 6 nitrogen and oxygen atoms in total. The second-order valence-corrected chi connectivity index (χ2v) is 6.60. The largest absolute Gasteiger partial charge is 0.496 e. The summed E-state index contributed by atoms with van der Waals surface area (Å²) in [4.78, 5) is 26.0. The Hall–Kier alpha value is -2.63. The average molecular weight is 338 g/mol. The molecule has 0 N–H and O–H groups in total. The molecule has 2 atom stereocenters. The highest BCUT2D eigenvalue weighted by Crippen LogP contribution is 2.34. The first-order valence-electron chi connectivity index (χ1n) is 8.74. The van der Waals surface area contributed by atoms with E-state index in [0.29, 0.717) is 17.2 Å². The maximum absolute atomic E-state index is 13.1. The number of carbonyl (C=O) groups excluding carboxylic acids is 1. The number of hydrogen-bond acceptors (Lipinski definition) is 5. The lowest BCUT2D eigenvalue weighted by atomic mass is 9.92. The summed E-state index contributed by atoms with van der Waals surface area (Å²) in [5, 5.41) is 0. The van der Waals surface area contributed by atoms with Gasteiger partial charge in [0.15, 0.2) is 0 Å². The van der Waals surface area contributed by atoms with Crippen molar-refractivity contribution >= 4 is 11.9 Å². The molecule has 0 spiro atoms. The quantitative estimate of drug-likeness (QED) is 0.859. The molecule has 1 aromatic carbocycles. The Bertz CT molecular complexity index is 752. The molecule has 0 radical (unpaired) electrons. The molecule has 1 amide bonds. The number of amides is 1. The third-order valence-corrected chi connectivity index (χ3v) is 5.30. The molecule has 2 fully saturated rings. The van der Waals surface area contributed by atoms with Crippen LogP contribution >= 0.6 is 0 Å². The van der Waals surface area contributed by atoms with E-state index in [1.54, 1.807) is 19.5 Å². The molecule has 0 saturated carbocycles. The number of para-hydroxylation sites is 1. The fourth-order valence-corrected chi connectivity index (χ4v) is 4.01. The number of aromatic nitrogens is 2. The van der Waals surface area contributed by atoms with Gasteiger partial charge in [0.1, 0.15) is 5.75 Å². The van der Waals surface area contributed by atoms with Crippen LogP contribution in [0.2, 0.25) is 0 Å². The predicted molar refractivity (Wildman–Crippen MR) is 94.8 cm³/mol. The van der Waals surface area contributed by atoms with Gasteiger partial charge in [-0.25, -0.2) is 9.97 Å². The van der Waals surface area contributed by atoms with Crippen molar-refractivity contribution in [3.8, 4) is 5.75 Å². The number of methoxy groups -OCH3 is 1. The summed E-state index contributed by atoms with van der Waals surface area (Å²) in [6.07, 6.45) is 5.66. The summed E-state index contributed by atoms with van der Waals surface area (Å²) in [6, 6.07) is 9.48. The van der Waals surface area contributed by atoms with Gasteiger partial charge < -0.3 is 14.5 Å². The van der Waals surface area contributed by atoms with Crippen molar-refractivity contribution < 1.29 is 9.53 Å². The standard InChI is InChI=1S/C19H22N4O2/c1-25-17-6-3-2-5-15(17)18(24)23-12-8-14-7-11-22(13-16(14)23)19-20-9-4-10-21-19/h2-6,9-10,14,16H,7-8,11-13H2,1H3. The Balaban J connectivity index is 1.56. The second-order valence-electron chi connectivity index (χ2n) is 6.60. The summed E-state index contributed by atoms with van der Waals surface area (Å²) >= 11 is 0. The highest BCUT2D eigenvalue weighted by atomic mass is 16.5. The van der Waals surface area contributed by atoms with Gasteiger partial charge in [-0.05, 0) is 37.0 Å². The molecule has 2 aliphatic rings. The number of benzene rings is 1.